The van der Waals surface area contributed by atoms with E-state index in [1.807, 2.05) is 0 Å². The van der Waals surface area contributed by atoms with Crippen LogP contribution in [0.25, 0.3) is 0 Å². The topological polar surface area (TPSA) is 52.3 Å². The first kappa shape index (κ1) is 15.6. The highest BCUT2D eigenvalue weighted by Crippen LogP contribution is 2.60. The summed E-state index contributed by atoms with van der Waals surface area (Å²) >= 11 is 0. The van der Waals surface area contributed by atoms with Crippen LogP contribution in [0.2, 0.25) is 0 Å². The minimum Gasteiger partial charge on any atom is -0.469 e. The summed E-state index contributed by atoms with van der Waals surface area (Å²) in [6.07, 6.45) is 10.5. The number of hydrogen-bond acceptors (Lipinski definition) is 3. The summed E-state index contributed by atoms with van der Waals surface area (Å²) in [5.74, 6) is 2.14. The highest BCUT2D eigenvalue weighted by atomic mass is 16.5. The van der Waals surface area contributed by atoms with Crippen LogP contribution in [0.4, 0.5) is 0 Å². The Balaban J connectivity index is 1.67. The van der Waals surface area contributed by atoms with Crippen LogP contribution in [0.5, 0.6) is 0 Å². The Morgan fingerprint density at radius 1 is 1.35 bits per heavy atom. The number of unbranched alkanes of at least 4 members (excludes halogenated alkanes) is 1. The van der Waals surface area contributed by atoms with E-state index in [9.17, 15) is 4.79 Å². The fourth-order valence-electron chi connectivity index (χ4n) is 4.07. The van der Waals surface area contributed by atoms with Crippen LogP contribution in [0, 0.1) is 23.2 Å². The molecule has 3 heteroatoms. The van der Waals surface area contributed by atoms with E-state index < -0.39 is 0 Å². The maximum Gasteiger partial charge on any atom is 0.305 e. The van der Waals surface area contributed by atoms with Gasteiger partial charge in [-0.2, -0.15) is 0 Å². The number of esters is 1. The van der Waals surface area contributed by atoms with Crippen LogP contribution >= 0.6 is 0 Å². The number of carbonyl (C=O) groups is 1. The number of rotatable bonds is 6. The number of fused-ring (bicyclic) bond motifs is 2. The van der Waals surface area contributed by atoms with Gasteiger partial charge in [0.05, 0.1) is 7.11 Å². The van der Waals surface area contributed by atoms with Crippen molar-refractivity contribution in [3.05, 3.63) is 12.2 Å². The Kier molecular flexibility index (Phi) is 4.90. The zero-order valence-electron chi connectivity index (χ0n) is 13.1. The van der Waals surface area contributed by atoms with Gasteiger partial charge in [0.1, 0.15) is 0 Å². The number of allylic oxidation sites excluding steroid dienone is 2. The molecule has 0 amide bonds. The molecule has 3 fully saturated rings. The second kappa shape index (κ2) is 6.30. The first-order valence-electron chi connectivity index (χ1n) is 7.94. The van der Waals surface area contributed by atoms with Crippen molar-refractivity contribution in [2.75, 3.05) is 7.11 Å². The van der Waals surface area contributed by atoms with Crippen molar-refractivity contribution in [3.8, 4) is 0 Å². The molecule has 3 rings (SSSR count). The molecule has 0 aromatic rings. The fourth-order valence-corrected chi connectivity index (χ4v) is 4.07. The third-order valence-electron chi connectivity index (χ3n) is 5.73. The summed E-state index contributed by atoms with van der Waals surface area (Å²) < 4.78 is 4.62. The molecule has 2 bridgehead atoms. The molecule has 4 unspecified atom stereocenters. The van der Waals surface area contributed by atoms with Gasteiger partial charge in [0.15, 0.2) is 0 Å². The average Bonchev–Trinajstić information content (AvgIpc) is 2.43. The Morgan fingerprint density at radius 3 is 2.70 bits per heavy atom. The van der Waals surface area contributed by atoms with Crippen molar-refractivity contribution < 1.29 is 9.53 Å². The summed E-state index contributed by atoms with van der Waals surface area (Å²) in [6, 6.07) is 0.370. The van der Waals surface area contributed by atoms with Gasteiger partial charge in [-0.05, 0) is 55.3 Å². The Bertz CT molecular complexity index is 375. The van der Waals surface area contributed by atoms with E-state index in [0.29, 0.717) is 23.8 Å². The summed E-state index contributed by atoms with van der Waals surface area (Å²) in [5, 5.41) is 0. The minimum atomic E-state index is -0.116. The molecule has 0 aromatic heterocycles. The lowest BCUT2D eigenvalue weighted by Crippen LogP contribution is -2.61. The van der Waals surface area contributed by atoms with Crippen molar-refractivity contribution in [2.24, 2.45) is 28.9 Å². The SMILES string of the molecule is COC(=O)CCC/C=C\CC1CC2CC(C1N)C2(C)C. The smallest absolute Gasteiger partial charge is 0.305 e. The number of nitrogens with two attached hydrogens (primary N) is 1. The Labute approximate surface area is 122 Å². The van der Waals surface area contributed by atoms with Crippen molar-refractivity contribution in [1.29, 1.82) is 0 Å². The van der Waals surface area contributed by atoms with Crippen molar-refractivity contribution >= 4 is 5.97 Å². The summed E-state index contributed by atoms with van der Waals surface area (Å²) in [7, 11) is 1.44. The predicted octanol–water partition coefficient (Wildman–Crippen LogP) is 3.29. The van der Waals surface area contributed by atoms with Gasteiger partial charge in [0.25, 0.3) is 0 Å². The molecule has 3 saturated carbocycles. The first-order valence-corrected chi connectivity index (χ1v) is 7.94. The monoisotopic (exact) mass is 279 g/mol. The maximum atomic E-state index is 11.0. The van der Waals surface area contributed by atoms with Crippen LogP contribution in [0.1, 0.15) is 52.4 Å². The Hall–Kier alpha value is -0.830. The van der Waals surface area contributed by atoms with Crippen LogP contribution in [0.3, 0.4) is 0 Å². The number of ether oxygens (including phenoxy) is 1. The van der Waals surface area contributed by atoms with Gasteiger partial charge in [-0.3, -0.25) is 4.79 Å². The quantitative estimate of drug-likeness (QED) is 0.461. The molecule has 114 valence electrons. The lowest BCUT2D eigenvalue weighted by Gasteiger charge is -2.61. The van der Waals surface area contributed by atoms with Gasteiger partial charge in [-0.15, -0.1) is 0 Å². The van der Waals surface area contributed by atoms with Gasteiger partial charge in [0.2, 0.25) is 0 Å². The van der Waals surface area contributed by atoms with E-state index in [1.54, 1.807) is 0 Å². The highest BCUT2D eigenvalue weighted by Gasteiger charge is 2.56. The van der Waals surface area contributed by atoms with Crippen molar-refractivity contribution in [3.63, 3.8) is 0 Å². The van der Waals surface area contributed by atoms with E-state index in [0.717, 1.165) is 31.1 Å². The average molecular weight is 279 g/mol. The van der Waals surface area contributed by atoms with E-state index in [-0.39, 0.29) is 5.97 Å². The van der Waals surface area contributed by atoms with E-state index in [4.69, 9.17) is 5.73 Å². The van der Waals surface area contributed by atoms with Gasteiger partial charge < -0.3 is 10.5 Å². The maximum absolute atomic E-state index is 11.0. The molecule has 0 aromatic carbocycles. The molecule has 3 nitrogen and oxygen atoms in total. The third kappa shape index (κ3) is 3.08. The van der Waals surface area contributed by atoms with Gasteiger partial charge in [-0.25, -0.2) is 0 Å². The number of carbonyl (C=O) groups excluding carboxylic acids is 1. The molecule has 2 N–H and O–H groups in total. The van der Waals surface area contributed by atoms with Crippen molar-refractivity contribution in [1.82, 2.24) is 0 Å². The predicted molar refractivity (Wildman–Crippen MR) is 81.1 cm³/mol. The number of hydrogen-bond donors (Lipinski definition) is 1. The largest absolute Gasteiger partial charge is 0.469 e. The van der Waals surface area contributed by atoms with Crippen molar-refractivity contribution in [2.45, 2.75) is 58.4 Å². The molecule has 20 heavy (non-hydrogen) atoms. The summed E-state index contributed by atoms with van der Waals surface area (Å²) in [4.78, 5) is 11.0. The fraction of sp³-hybridized carbons (Fsp3) is 0.824. The van der Waals surface area contributed by atoms with Crippen LogP contribution in [0.15, 0.2) is 12.2 Å². The van der Waals surface area contributed by atoms with E-state index >= 15 is 0 Å². The zero-order chi connectivity index (χ0) is 14.8. The molecule has 0 radical (unpaired) electrons. The summed E-state index contributed by atoms with van der Waals surface area (Å²) in [6.45, 7) is 4.76. The molecule has 3 aliphatic rings. The van der Waals surface area contributed by atoms with E-state index in [1.165, 1.54) is 20.0 Å². The lowest BCUT2D eigenvalue weighted by molar-refractivity contribution is -0.140. The minimum absolute atomic E-state index is 0.116. The van der Waals surface area contributed by atoms with Gasteiger partial charge in [0, 0.05) is 12.5 Å². The lowest BCUT2D eigenvalue weighted by atomic mass is 9.45. The van der Waals surface area contributed by atoms with Crippen LogP contribution in [-0.4, -0.2) is 19.1 Å². The molecule has 4 atom stereocenters. The molecule has 0 aliphatic heterocycles. The molecule has 0 saturated heterocycles. The third-order valence-corrected chi connectivity index (χ3v) is 5.73. The number of methoxy groups -OCH3 is 1. The molecular weight excluding hydrogens is 250 g/mol. The molecule has 0 spiro atoms. The first-order chi connectivity index (χ1) is 9.46. The second-order valence-electron chi connectivity index (χ2n) is 7.11. The Morgan fingerprint density at radius 2 is 2.10 bits per heavy atom. The molecule has 3 aliphatic carbocycles. The second-order valence-corrected chi connectivity index (χ2v) is 7.11. The highest BCUT2D eigenvalue weighted by molar-refractivity contribution is 5.69. The van der Waals surface area contributed by atoms with Gasteiger partial charge >= 0.3 is 5.97 Å². The normalized spacial score (nSPS) is 34.8. The standard InChI is InChI=1S/C17H29NO2/c1-17(2)13-10-12(16(18)14(17)11-13)8-6-4-5-7-9-15(19)20-3/h4,6,12-14,16H,5,7-11,18H2,1-3H3/b6-4-. The van der Waals surface area contributed by atoms with E-state index in [2.05, 4.69) is 30.7 Å². The van der Waals surface area contributed by atoms with Gasteiger partial charge in [-0.1, -0.05) is 26.0 Å². The zero-order valence-corrected chi connectivity index (χ0v) is 13.1. The molecular formula is C17H29NO2. The van der Waals surface area contributed by atoms with Crippen LogP contribution < -0.4 is 5.73 Å². The van der Waals surface area contributed by atoms with Crippen LogP contribution in [-0.2, 0) is 9.53 Å². The molecule has 0 heterocycles. The summed E-state index contributed by atoms with van der Waals surface area (Å²) in [5.41, 5.74) is 6.91.